The number of rotatable bonds is 5. The molecule has 0 aromatic heterocycles. The molecule has 3 nitrogen and oxygen atoms in total. The van der Waals surface area contributed by atoms with Gasteiger partial charge in [0.05, 0.1) is 4.90 Å². The lowest BCUT2D eigenvalue weighted by molar-refractivity contribution is 0.582. The van der Waals surface area contributed by atoms with Gasteiger partial charge in [0.1, 0.15) is 0 Å². The Morgan fingerprint density at radius 2 is 1.45 bits per heavy atom. The maximum atomic E-state index is 12.5. The Labute approximate surface area is 130 Å². The molecule has 0 aliphatic carbocycles. The second-order valence-electron chi connectivity index (χ2n) is 5.11. The van der Waals surface area contributed by atoms with E-state index in [2.05, 4.69) is 4.72 Å². The van der Waals surface area contributed by atoms with Gasteiger partial charge in [-0.15, -0.1) is 0 Å². The zero-order chi connectivity index (χ0) is 15.4. The van der Waals surface area contributed by atoms with Crippen LogP contribution in [-0.2, 0) is 16.4 Å². The molecule has 0 unspecified atom stereocenters. The van der Waals surface area contributed by atoms with Crippen molar-refractivity contribution in [2.24, 2.45) is 0 Å². The fraction of sp³-hybridized carbons (Fsp3) is 0.111. The van der Waals surface area contributed by atoms with Gasteiger partial charge in [-0.1, -0.05) is 66.7 Å². The number of hydrogen-bond acceptors (Lipinski definition) is 2. The summed E-state index contributed by atoms with van der Waals surface area (Å²) in [5.41, 5.74) is 1.11. The minimum absolute atomic E-state index is 0.332. The molecular formula is C18H17NO2S. The van der Waals surface area contributed by atoms with Gasteiger partial charge in [-0.05, 0) is 23.4 Å². The summed E-state index contributed by atoms with van der Waals surface area (Å²) in [6.07, 6.45) is 0.671. The Morgan fingerprint density at radius 1 is 0.773 bits per heavy atom. The van der Waals surface area contributed by atoms with Crippen LogP contribution in [0.2, 0.25) is 0 Å². The van der Waals surface area contributed by atoms with E-state index in [0.29, 0.717) is 17.9 Å². The first-order valence-electron chi connectivity index (χ1n) is 7.18. The van der Waals surface area contributed by atoms with Crippen LogP contribution in [0.15, 0.2) is 77.7 Å². The van der Waals surface area contributed by atoms with E-state index in [9.17, 15) is 8.42 Å². The van der Waals surface area contributed by atoms with E-state index in [-0.39, 0.29) is 0 Å². The molecule has 0 heterocycles. The molecule has 0 amide bonds. The molecule has 0 saturated heterocycles. The lowest BCUT2D eigenvalue weighted by Crippen LogP contribution is -2.26. The summed E-state index contributed by atoms with van der Waals surface area (Å²) in [5, 5.41) is 1.67. The molecule has 0 radical (unpaired) electrons. The summed E-state index contributed by atoms with van der Waals surface area (Å²) in [6, 6.07) is 22.7. The molecule has 1 N–H and O–H groups in total. The maximum Gasteiger partial charge on any atom is 0.241 e. The molecule has 0 aliphatic rings. The first-order chi connectivity index (χ1) is 10.7. The Morgan fingerprint density at radius 3 is 2.27 bits per heavy atom. The third-order valence-corrected chi connectivity index (χ3v) is 5.11. The molecule has 0 saturated carbocycles. The van der Waals surface area contributed by atoms with E-state index < -0.39 is 10.0 Å². The molecule has 3 rings (SSSR count). The molecule has 22 heavy (non-hydrogen) atoms. The molecule has 0 fully saturated rings. The lowest BCUT2D eigenvalue weighted by atomic mass is 10.1. The Bertz CT molecular complexity index is 868. The van der Waals surface area contributed by atoms with Gasteiger partial charge in [0.15, 0.2) is 0 Å². The predicted octanol–water partition coefficient (Wildman–Crippen LogP) is 3.36. The van der Waals surface area contributed by atoms with Crippen molar-refractivity contribution in [1.29, 1.82) is 0 Å². The maximum absolute atomic E-state index is 12.5. The number of sulfonamides is 1. The van der Waals surface area contributed by atoms with Crippen LogP contribution in [0.25, 0.3) is 10.8 Å². The van der Waals surface area contributed by atoms with Crippen LogP contribution in [0.3, 0.4) is 0 Å². The van der Waals surface area contributed by atoms with E-state index >= 15 is 0 Å². The predicted molar refractivity (Wildman–Crippen MR) is 89.3 cm³/mol. The van der Waals surface area contributed by atoms with E-state index in [1.165, 1.54) is 0 Å². The van der Waals surface area contributed by atoms with Crippen LogP contribution < -0.4 is 4.72 Å². The summed E-state index contributed by atoms with van der Waals surface area (Å²) in [7, 11) is -3.51. The van der Waals surface area contributed by atoms with Crippen molar-refractivity contribution in [3.05, 3.63) is 78.4 Å². The third-order valence-electron chi connectivity index (χ3n) is 3.59. The van der Waals surface area contributed by atoms with Crippen LogP contribution >= 0.6 is 0 Å². The van der Waals surface area contributed by atoms with Crippen LogP contribution in [0.4, 0.5) is 0 Å². The van der Waals surface area contributed by atoms with Crippen LogP contribution in [0, 0.1) is 0 Å². The van der Waals surface area contributed by atoms with Crippen molar-refractivity contribution in [2.75, 3.05) is 6.54 Å². The van der Waals surface area contributed by atoms with Crippen molar-refractivity contribution < 1.29 is 8.42 Å². The number of hydrogen-bond donors (Lipinski definition) is 1. The van der Waals surface area contributed by atoms with Gasteiger partial charge in [-0.2, -0.15) is 0 Å². The summed E-state index contributed by atoms with van der Waals surface area (Å²) in [4.78, 5) is 0.332. The average molecular weight is 311 g/mol. The number of fused-ring (bicyclic) bond motifs is 1. The van der Waals surface area contributed by atoms with Crippen molar-refractivity contribution in [3.8, 4) is 0 Å². The quantitative estimate of drug-likeness (QED) is 0.785. The monoisotopic (exact) mass is 311 g/mol. The van der Waals surface area contributed by atoms with Gasteiger partial charge in [0.2, 0.25) is 10.0 Å². The molecule has 0 aliphatic heterocycles. The number of nitrogens with one attached hydrogen (secondary N) is 1. The van der Waals surface area contributed by atoms with Crippen molar-refractivity contribution in [1.82, 2.24) is 4.72 Å². The summed E-state index contributed by atoms with van der Waals surface area (Å²) in [6.45, 7) is 0.384. The van der Waals surface area contributed by atoms with E-state index in [1.807, 2.05) is 60.7 Å². The molecule has 3 aromatic carbocycles. The highest BCUT2D eigenvalue weighted by molar-refractivity contribution is 7.89. The summed E-state index contributed by atoms with van der Waals surface area (Å²) in [5.74, 6) is 0. The summed E-state index contributed by atoms with van der Waals surface area (Å²) < 4.78 is 27.7. The highest BCUT2D eigenvalue weighted by Gasteiger charge is 2.16. The molecular weight excluding hydrogens is 294 g/mol. The topological polar surface area (TPSA) is 46.2 Å². The van der Waals surface area contributed by atoms with Gasteiger partial charge in [0.25, 0.3) is 0 Å². The fourth-order valence-electron chi connectivity index (χ4n) is 2.48. The Hall–Kier alpha value is -2.17. The smallest absolute Gasteiger partial charge is 0.211 e. The van der Waals surface area contributed by atoms with E-state index in [4.69, 9.17) is 0 Å². The molecule has 112 valence electrons. The zero-order valence-corrected chi connectivity index (χ0v) is 12.9. The minimum atomic E-state index is -3.51. The highest BCUT2D eigenvalue weighted by Crippen LogP contribution is 2.22. The number of benzene rings is 3. The first kappa shape index (κ1) is 14.8. The fourth-order valence-corrected chi connectivity index (χ4v) is 3.74. The van der Waals surface area contributed by atoms with Crippen molar-refractivity contribution in [3.63, 3.8) is 0 Å². The third kappa shape index (κ3) is 3.18. The van der Waals surface area contributed by atoms with Gasteiger partial charge >= 0.3 is 0 Å². The largest absolute Gasteiger partial charge is 0.241 e. The van der Waals surface area contributed by atoms with Gasteiger partial charge in [-0.3, -0.25) is 0 Å². The van der Waals surface area contributed by atoms with Crippen LogP contribution in [-0.4, -0.2) is 15.0 Å². The molecule has 4 heteroatoms. The summed E-state index contributed by atoms with van der Waals surface area (Å²) >= 11 is 0. The molecule has 0 spiro atoms. The first-order valence-corrected chi connectivity index (χ1v) is 8.66. The SMILES string of the molecule is O=S(=O)(NCCc1ccccc1)c1cccc2ccccc12. The minimum Gasteiger partial charge on any atom is -0.211 e. The van der Waals surface area contributed by atoms with Crippen LogP contribution in [0.1, 0.15) is 5.56 Å². The second-order valence-corrected chi connectivity index (χ2v) is 6.85. The van der Waals surface area contributed by atoms with Gasteiger partial charge in [-0.25, -0.2) is 13.1 Å². The Kier molecular flexibility index (Phi) is 4.22. The standard InChI is InChI=1S/C18H17NO2S/c20-22(21,19-14-13-15-7-2-1-3-8-15)18-12-6-10-16-9-4-5-11-17(16)18/h1-12,19H,13-14H2. The molecule has 3 aromatic rings. The second kappa shape index (κ2) is 6.30. The average Bonchev–Trinajstić information content (AvgIpc) is 2.55. The van der Waals surface area contributed by atoms with Crippen molar-refractivity contribution >= 4 is 20.8 Å². The zero-order valence-electron chi connectivity index (χ0n) is 12.1. The Balaban J connectivity index is 1.80. The highest BCUT2D eigenvalue weighted by atomic mass is 32.2. The molecule has 0 atom stereocenters. The van der Waals surface area contributed by atoms with E-state index in [0.717, 1.165) is 16.3 Å². The van der Waals surface area contributed by atoms with Crippen LogP contribution in [0.5, 0.6) is 0 Å². The van der Waals surface area contributed by atoms with Gasteiger partial charge < -0.3 is 0 Å². The molecule has 0 bridgehead atoms. The normalized spacial score (nSPS) is 11.6. The van der Waals surface area contributed by atoms with Crippen molar-refractivity contribution in [2.45, 2.75) is 11.3 Å². The van der Waals surface area contributed by atoms with E-state index in [1.54, 1.807) is 12.1 Å². The van der Waals surface area contributed by atoms with Gasteiger partial charge in [0, 0.05) is 11.9 Å². The lowest BCUT2D eigenvalue weighted by Gasteiger charge is -2.09.